The standard InChI is InChI=1S/C47H31N3/c1-4-13-32(14-5-1)37-27-28-41-38(31-37)19-12-22-44(41)47-49-45(35-17-8-3-9-18-35)48-46(50-47)36-25-23-34(24-26-36)40-30-29-39(33-15-6-2-7-16-33)42-20-10-11-21-43(40)42/h1-31H/i23D,24D,25D,26D. The van der Waals surface area contributed by atoms with E-state index in [0.29, 0.717) is 17.2 Å². The molecule has 9 rings (SSSR count). The minimum atomic E-state index is -0.219. The molecule has 0 aliphatic carbocycles. The van der Waals surface area contributed by atoms with E-state index in [1.54, 1.807) is 0 Å². The molecule has 0 bridgehead atoms. The number of benzene rings is 8. The average molecular weight is 642 g/mol. The van der Waals surface area contributed by atoms with Crippen molar-refractivity contribution in [2.24, 2.45) is 0 Å². The fourth-order valence-corrected chi connectivity index (χ4v) is 6.56. The molecule has 0 amide bonds. The molecule has 9 aromatic rings. The first-order valence-corrected chi connectivity index (χ1v) is 16.5. The molecule has 0 saturated carbocycles. The lowest BCUT2D eigenvalue weighted by Crippen LogP contribution is -2.00. The predicted molar refractivity (Wildman–Crippen MR) is 207 cm³/mol. The van der Waals surface area contributed by atoms with E-state index < -0.39 is 0 Å². The molecule has 3 nitrogen and oxygen atoms in total. The summed E-state index contributed by atoms with van der Waals surface area (Å²) in [5.41, 5.74) is 6.67. The fraction of sp³-hybridized carbons (Fsp3) is 0. The molecule has 0 aliphatic heterocycles. The first-order valence-electron chi connectivity index (χ1n) is 18.5. The van der Waals surface area contributed by atoms with E-state index >= 15 is 0 Å². The highest BCUT2D eigenvalue weighted by molar-refractivity contribution is 6.05. The maximum Gasteiger partial charge on any atom is 0.164 e. The lowest BCUT2D eigenvalue weighted by Gasteiger charge is -2.13. The van der Waals surface area contributed by atoms with Gasteiger partial charge in [-0.05, 0) is 61.0 Å². The third-order valence-corrected chi connectivity index (χ3v) is 9.02. The second-order valence-electron chi connectivity index (χ2n) is 12.1. The highest BCUT2D eigenvalue weighted by atomic mass is 15.0. The van der Waals surface area contributed by atoms with E-state index in [2.05, 4.69) is 48.5 Å². The summed E-state index contributed by atoms with van der Waals surface area (Å²) in [6.45, 7) is 0. The first-order chi connectivity index (χ1) is 26.5. The topological polar surface area (TPSA) is 38.7 Å². The van der Waals surface area contributed by atoms with Crippen LogP contribution >= 0.6 is 0 Å². The monoisotopic (exact) mass is 641 g/mol. The van der Waals surface area contributed by atoms with Gasteiger partial charge in [-0.2, -0.15) is 0 Å². The van der Waals surface area contributed by atoms with Gasteiger partial charge < -0.3 is 0 Å². The molecule has 0 atom stereocenters. The maximum absolute atomic E-state index is 9.34. The lowest BCUT2D eigenvalue weighted by molar-refractivity contribution is 1.08. The molecule has 8 aromatic carbocycles. The van der Waals surface area contributed by atoms with Crippen LogP contribution in [-0.2, 0) is 0 Å². The Morgan fingerprint density at radius 3 is 1.48 bits per heavy atom. The van der Waals surface area contributed by atoms with Crippen LogP contribution in [0.2, 0.25) is 0 Å². The molecule has 0 radical (unpaired) electrons. The van der Waals surface area contributed by atoms with Crippen molar-refractivity contribution >= 4 is 21.5 Å². The second-order valence-corrected chi connectivity index (χ2v) is 12.1. The van der Waals surface area contributed by atoms with Crippen molar-refractivity contribution in [3.05, 3.63) is 188 Å². The third kappa shape index (κ3) is 5.51. The molecule has 0 spiro atoms. The van der Waals surface area contributed by atoms with E-state index in [0.717, 1.165) is 54.9 Å². The first kappa shape index (κ1) is 25.3. The number of fused-ring (bicyclic) bond motifs is 2. The van der Waals surface area contributed by atoms with Crippen molar-refractivity contribution in [2.75, 3.05) is 0 Å². The van der Waals surface area contributed by atoms with E-state index in [9.17, 15) is 5.48 Å². The van der Waals surface area contributed by atoms with Crippen LogP contribution in [0.3, 0.4) is 0 Å². The van der Waals surface area contributed by atoms with Gasteiger partial charge in [0, 0.05) is 16.7 Å². The van der Waals surface area contributed by atoms with Crippen LogP contribution in [0.4, 0.5) is 0 Å². The Kier molecular flexibility index (Phi) is 6.44. The summed E-state index contributed by atoms with van der Waals surface area (Å²) in [5.74, 6) is 0.821. The number of aromatic nitrogens is 3. The Balaban J connectivity index is 1.23. The largest absolute Gasteiger partial charge is 0.208 e. The molecule has 0 saturated heterocycles. The number of nitrogens with zero attached hydrogens (tertiary/aromatic N) is 3. The highest BCUT2D eigenvalue weighted by Crippen LogP contribution is 2.37. The Bertz CT molecular complexity index is 2830. The summed E-state index contributed by atoms with van der Waals surface area (Å²) in [6, 6.07) is 53.1. The second kappa shape index (κ2) is 12.7. The van der Waals surface area contributed by atoms with Gasteiger partial charge in [-0.15, -0.1) is 0 Å². The van der Waals surface area contributed by atoms with E-state index in [1.165, 1.54) is 0 Å². The van der Waals surface area contributed by atoms with Crippen LogP contribution in [-0.4, -0.2) is 15.0 Å². The summed E-state index contributed by atoms with van der Waals surface area (Å²) in [7, 11) is 0. The van der Waals surface area contributed by atoms with Crippen LogP contribution < -0.4 is 0 Å². The summed E-state index contributed by atoms with van der Waals surface area (Å²) in [4.78, 5) is 14.6. The normalized spacial score (nSPS) is 12.3. The minimum absolute atomic E-state index is 0.0198. The zero-order valence-corrected chi connectivity index (χ0v) is 26.9. The highest BCUT2D eigenvalue weighted by Gasteiger charge is 2.16. The Labute approximate surface area is 296 Å². The van der Waals surface area contributed by atoms with Crippen molar-refractivity contribution in [3.8, 4) is 67.5 Å². The molecular formula is C47H31N3. The summed E-state index contributed by atoms with van der Waals surface area (Å²) >= 11 is 0. The zero-order valence-electron chi connectivity index (χ0n) is 30.9. The van der Waals surface area contributed by atoms with E-state index in [4.69, 9.17) is 15.0 Å². The van der Waals surface area contributed by atoms with Gasteiger partial charge in [-0.25, -0.2) is 15.0 Å². The molecule has 50 heavy (non-hydrogen) atoms. The summed E-state index contributed by atoms with van der Waals surface area (Å²) in [6.07, 6.45) is 0. The maximum atomic E-state index is 9.34. The van der Waals surface area contributed by atoms with Crippen LogP contribution in [0.1, 0.15) is 5.48 Å². The van der Waals surface area contributed by atoms with E-state index in [1.807, 2.05) is 115 Å². The fourth-order valence-electron chi connectivity index (χ4n) is 6.56. The summed E-state index contributed by atoms with van der Waals surface area (Å²) in [5, 5.41) is 3.75. The van der Waals surface area contributed by atoms with Crippen molar-refractivity contribution < 1.29 is 5.48 Å². The van der Waals surface area contributed by atoms with Crippen molar-refractivity contribution in [3.63, 3.8) is 0 Å². The minimum Gasteiger partial charge on any atom is -0.208 e. The third-order valence-electron chi connectivity index (χ3n) is 9.02. The lowest BCUT2D eigenvalue weighted by atomic mass is 9.92. The van der Waals surface area contributed by atoms with Crippen LogP contribution in [0.5, 0.6) is 0 Å². The van der Waals surface area contributed by atoms with E-state index in [-0.39, 0.29) is 41.1 Å². The van der Waals surface area contributed by atoms with Crippen LogP contribution in [0.15, 0.2) is 188 Å². The SMILES string of the molecule is [2H]c1c([2H])c(-c2ccc(-c3ccccc3)c3ccccc23)c([2H])c([2H])c1-c1nc(-c2ccccc2)nc(-c2cccc3cc(-c4ccccc4)ccc23)n1. The van der Waals surface area contributed by atoms with Crippen LogP contribution in [0.25, 0.3) is 89.1 Å². The molecule has 0 N–H and O–H groups in total. The zero-order chi connectivity index (χ0) is 36.8. The van der Waals surface area contributed by atoms with Gasteiger partial charge in [0.15, 0.2) is 17.5 Å². The molecule has 0 aliphatic rings. The quantitative estimate of drug-likeness (QED) is 0.181. The average Bonchev–Trinajstić information content (AvgIpc) is 3.23. The Hall–Kier alpha value is -6.71. The summed E-state index contributed by atoms with van der Waals surface area (Å²) < 4.78 is 37.3. The van der Waals surface area contributed by atoms with Gasteiger partial charge in [0.05, 0.1) is 5.48 Å². The number of hydrogen-bond acceptors (Lipinski definition) is 3. The Morgan fingerprint density at radius 2 is 0.820 bits per heavy atom. The molecule has 0 fully saturated rings. The molecule has 234 valence electrons. The van der Waals surface area contributed by atoms with Gasteiger partial charge in [-0.1, -0.05) is 182 Å². The van der Waals surface area contributed by atoms with Gasteiger partial charge in [0.2, 0.25) is 0 Å². The molecule has 1 heterocycles. The van der Waals surface area contributed by atoms with Gasteiger partial charge in [0.25, 0.3) is 0 Å². The van der Waals surface area contributed by atoms with Crippen molar-refractivity contribution in [1.29, 1.82) is 0 Å². The van der Waals surface area contributed by atoms with Gasteiger partial charge >= 0.3 is 0 Å². The van der Waals surface area contributed by atoms with Gasteiger partial charge in [0.1, 0.15) is 0 Å². The number of hydrogen-bond donors (Lipinski definition) is 0. The smallest absolute Gasteiger partial charge is 0.164 e. The van der Waals surface area contributed by atoms with Crippen molar-refractivity contribution in [2.45, 2.75) is 0 Å². The predicted octanol–water partition coefficient (Wildman–Crippen LogP) is 12.2. The number of rotatable bonds is 6. The molecule has 1 aromatic heterocycles. The van der Waals surface area contributed by atoms with Crippen LogP contribution in [0, 0.1) is 0 Å². The molecule has 3 heteroatoms. The Morgan fingerprint density at radius 1 is 0.300 bits per heavy atom. The molecule has 0 unspecified atom stereocenters. The van der Waals surface area contributed by atoms with Gasteiger partial charge in [-0.3, -0.25) is 0 Å². The van der Waals surface area contributed by atoms with Crippen molar-refractivity contribution in [1.82, 2.24) is 15.0 Å². The molecular weight excluding hydrogens is 607 g/mol.